The second-order valence-corrected chi connectivity index (χ2v) is 6.77. The molecular weight excluding hydrogens is 376 g/mol. The van der Waals surface area contributed by atoms with E-state index < -0.39 is 4.92 Å². The lowest BCUT2D eigenvalue weighted by Crippen LogP contribution is -1.89. The molecule has 0 atom stereocenters. The first-order valence-electron chi connectivity index (χ1n) is 7.50. The number of hydrogen-bond donors (Lipinski definition) is 0. The molecule has 0 unspecified atom stereocenters. The number of fused-ring (bicyclic) bond motifs is 1. The molecule has 0 fully saturated rings. The Bertz CT molecular complexity index is 1090. The zero-order chi connectivity index (χ0) is 18.3. The highest BCUT2D eigenvalue weighted by Gasteiger charge is 2.16. The number of rotatable bonds is 4. The minimum absolute atomic E-state index is 0.0313. The smallest absolute Gasteiger partial charge is 0.270 e. The lowest BCUT2D eigenvalue weighted by Gasteiger charge is -2.00. The molecule has 0 saturated heterocycles. The van der Waals surface area contributed by atoms with E-state index in [2.05, 4.69) is 10.1 Å². The topological polar surface area (TPSA) is 82.6 Å². The minimum atomic E-state index is -0.458. The number of nitro benzene ring substituents is 1. The molecule has 0 saturated carbocycles. The molecule has 2 aromatic carbocycles. The SMILES string of the molecule is COc1ccc(-c2cn3nc(-c4cc([N+](=O)[O-])ccc4Cl)sc3n2)cc1. The van der Waals surface area contributed by atoms with Crippen molar-refractivity contribution in [1.29, 1.82) is 0 Å². The summed E-state index contributed by atoms with van der Waals surface area (Å²) in [5, 5.41) is 16.4. The fraction of sp³-hybridized carbons (Fsp3) is 0.0588. The van der Waals surface area contributed by atoms with Crippen LogP contribution >= 0.6 is 22.9 Å². The van der Waals surface area contributed by atoms with E-state index in [1.54, 1.807) is 11.6 Å². The van der Waals surface area contributed by atoms with Crippen LogP contribution in [-0.4, -0.2) is 26.6 Å². The molecule has 130 valence electrons. The minimum Gasteiger partial charge on any atom is -0.497 e. The predicted molar refractivity (Wildman–Crippen MR) is 100.0 cm³/mol. The van der Waals surface area contributed by atoms with E-state index in [4.69, 9.17) is 16.3 Å². The number of nitro groups is 1. The van der Waals surface area contributed by atoms with Crippen LogP contribution < -0.4 is 4.74 Å². The van der Waals surface area contributed by atoms with Crippen molar-refractivity contribution in [3.63, 3.8) is 0 Å². The Labute approximate surface area is 156 Å². The summed E-state index contributed by atoms with van der Waals surface area (Å²) >= 11 is 7.51. The van der Waals surface area contributed by atoms with Crippen molar-refractivity contribution in [1.82, 2.24) is 14.6 Å². The van der Waals surface area contributed by atoms with Crippen LogP contribution in [0.3, 0.4) is 0 Å². The van der Waals surface area contributed by atoms with Crippen LogP contribution in [0.25, 0.3) is 26.8 Å². The number of halogens is 1. The number of imidazole rings is 1. The van der Waals surface area contributed by atoms with Crippen molar-refractivity contribution >= 4 is 33.6 Å². The number of methoxy groups -OCH3 is 1. The number of hydrogen-bond acceptors (Lipinski definition) is 6. The second kappa shape index (κ2) is 6.40. The highest BCUT2D eigenvalue weighted by molar-refractivity contribution is 7.19. The molecule has 2 heterocycles. The quantitative estimate of drug-likeness (QED) is 0.375. The van der Waals surface area contributed by atoms with Gasteiger partial charge in [-0.05, 0) is 30.3 Å². The molecular formula is C17H11ClN4O3S. The summed E-state index contributed by atoms with van der Waals surface area (Å²) in [6.45, 7) is 0. The summed E-state index contributed by atoms with van der Waals surface area (Å²) in [6.07, 6.45) is 1.81. The van der Waals surface area contributed by atoms with Gasteiger partial charge >= 0.3 is 0 Å². The van der Waals surface area contributed by atoms with Crippen molar-refractivity contribution in [2.45, 2.75) is 0 Å². The van der Waals surface area contributed by atoms with E-state index >= 15 is 0 Å². The molecule has 4 rings (SSSR count). The molecule has 0 N–H and O–H groups in total. The Morgan fingerprint density at radius 2 is 2.00 bits per heavy atom. The number of nitrogens with zero attached hydrogens (tertiary/aromatic N) is 4. The van der Waals surface area contributed by atoms with E-state index in [1.165, 1.54) is 29.5 Å². The van der Waals surface area contributed by atoms with Crippen molar-refractivity contribution in [2.24, 2.45) is 0 Å². The van der Waals surface area contributed by atoms with E-state index in [-0.39, 0.29) is 5.69 Å². The average molecular weight is 387 g/mol. The van der Waals surface area contributed by atoms with Gasteiger partial charge in [-0.2, -0.15) is 5.10 Å². The zero-order valence-electron chi connectivity index (χ0n) is 13.4. The van der Waals surface area contributed by atoms with Gasteiger partial charge in [0.1, 0.15) is 10.8 Å². The molecule has 0 spiro atoms. The maximum absolute atomic E-state index is 11.0. The molecule has 2 aromatic heterocycles. The molecule has 26 heavy (non-hydrogen) atoms. The Balaban J connectivity index is 1.72. The van der Waals surface area contributed by atoms with E-state index in [0.717, 1.165) is 17.0 Å². The summed E-state index contributed by atoms with van der Waals surface area (Å²) in [6, 6.07) is 11.9. The van der Waals surface area contributed by atoms with Crippen LogP contribution in [0.4, 0.5) is 5.69 Å². The fourth-order valence-electron chi connectivity index (χ4n) is 2.50. The standard InChI is InChI=1S/C17H11ClN4O3S/c1-25-12-5-2-10(3-6-12)15-9-21-17(19-15)26-16(20-21)13-8-11(22(23)24)4-7-14(13)18/h2-9H,1H3. The molecule has 0 aliphatic carbocycles. The Morgan fingerprint density at radius 3 is 2.65 bits per heavy atom. The van der Waals surface area contributed by atoms with Gasteiger partial charge in [-0.15, -0.1) is 0 Å². The average Bonchev–Trinajstić information content (AvgIpc) is 3.21. The van der Waals surface area contributed by atoms with Crippen molar-refractivity contribution < 1.29 is 9.66 Å². The summed E-state index contributed by atoms with van der Waals surface area (Å²) < 4.78 is 6.80. The highest BCUT2D eigenvalue weighted by atomic mass is 35.5. The molecule has 0 aliphatic rings. The first kappa shape index (κ1) is 16.5. The Kier molecular flexibility index (Phi) is 4.06. The van der Waals surface area contributed by atoms with Crippen LogP contribution in [0, 0.1) is 10.1 Å². The van der Waals surface area contributed by atoms with Crippen molar-refractivity contribution in [3.8, 4) is 27.6 Å². The van der Waals surface area contributed by atoms with E-state index in [0.29, 0.717) is 20.6 Å². The largest absolute Gasteiger partial charge is 0.497 e. The van der Waals surface area contributed by atoms with Gasteiger partial charge in [-0.1, -0.05) is 22.9 Å². The van der Waals surface area contributed by atoms with Crippen LogP contribution in [0.15, 0.2) is 48.7 Å². The van der Waals surface area contributed by atoms with Crippen LogP contribution in [0.1, 0.15) is 0 Å². The lowest BCUT2D eigenvalue weighted by atomic mass is 10.2. The normalized spacial score (nSPS) is 11.0. The van der Waals surface area contributed by atoms with Gasteiger partial charge < -0.3 is 4.74 Å². The van der Waals surface area contributed by atoms with E-state index in [1.807, 2.05) is 30.5 Å². The van der Waals surface area contributed by atoms with Crippen LogP contribution in [0.5, 0.6) is 5.75 Å². The number of aromatic nitrogens is 3. The van der Waals surface area contributed by atoms with Crippen LogP contribution in [0.2, 0.25) is 5.02 Å². The van der Waals surface area contributed by atoms with Crippen molar-refractivity contribution in [2.75, 3.05) is 7.11 Å². The van der Waals surface area contributed by atoms with Gasteiger partial charge in [0.15, 0.2) is 0 Å². The third-order valence-electron chi connectivity index (χ3n) is 3.82. The summed E-state index contributed by atoms with van der Waals surface area (Å²) in [5.41, 5.74) is 2.21. The van der Waals surface area contributed by atoms with Gasteiger partial charge in [0, 0.05) is 23.3 Å². The summed E-state index contributed by atoms with van der Waals surface area (Å²) in [4.78, 5) is 15.8. The number of non-ortho nitro benzene ring substituents is 1. The molecule has 0 amide bonds. The zero-order valence-corrected chi connectivity index (χ0v) is 15.0. The highest BCUT2D eigenvalue weighted by Crippen LogP contribution is 2.35. The van der Waals surface area contributed by atoms with E-state index in [9.17, 15) is 10.1 Å². The van der Waals surface area contributed by atoms with Gasteiger partial charge in [-0.25, -0.2) is 9.50 Å². The van der Waals surface area contributed by atoms with Crippen molar-refractivity contribution in [3.05, 3.63) is 63.8 Å². The third-order valence-corrected chi connectivity index (χ3v) is 5.11. The lowest BCUT2D eigenvalue weighted by molar-refractivity contribution is -0.384. The molecule has 7 nitrogen and oxygen atoms in total. The fourth-order valence-corrected chi connectivity index (χ4v) is 3.68. The predicted octanol–water partition coefficient (Wildman–Crippen LogP) is 4.70. The molecule has 4 aromatic rings. The maximum atomic E-state index is 11.0. The third kappa shape index (κ3) is 2.89. The number of ether oxygens (including phenoxy) is 1. The number of benzene rings is 2. The molecule has 0 bridgehead atoms. The summed E-state index contributed by atoms with van der Waals surface area (Å²) in [5.74, 6) is 0.774. The van der Waals surface area contributed by atoms with Gasteiger partial charge in [0.2, 0.25) is 4.96 Å². The first-order valence-corrected chi connectivity index (χ1v) is 8.69. The van der Waals surface area contributed by atoms with Gasteiger partial charge in [-0.3, -0.25) is 10.1 Å². The second-order valence-electron chi connectivity index (χ2n) is 5.41. The summed E-state index contributed by atoms with van der Waals surface area (Å²) in [7, 11) is 1.62. The van der Waals surface area contributed by atoms with Crippen LogP contribution in [-0.2, 0) is 0 Å². The Morgan fingerprint density at radius 1 is 1.23 bits per heavy atom. The van der Waals surface area contributed by atoms with Gasteiger partial charge in [0.05, 0.1) is 28.9 Å². The first-order chi connectivity index (χ1) is 12.5. The molecule has 0 radical (unpaired) electrons. The Hall–Kier alpha value is -2.97. The molecule has 9 heteroatoms. The maximum Gasteiger partial charge on any atom is 0.270 e. The van der Waals surface area contributed by atoms with Gasteiger partial charge in [0.25, 0.3) is 5.69 Å². The molecule has 0 aliphatic heterocycles. The monoisotopic (exact) mass is 386 g/mol.